The summed E-state index contributed by atoms with van der Waals surface area (Å²) in [6.45, 7) is -0.643. The van der Waals surface area contributed by atoms with Gasteiger partial charge >= 0.3 is 0 Å². The Morgan fingerprint density at radius 2 is 1.76 bits per heavy atom. The van der Waals surface area contributed by atoms with Crippen molar-refractivity contribution in [2.75, 3.05) is 23.0 Å². The fourth-order valence-electron chi connectivity index (χ4n) is 2.77. The number of unbranched alkanes of at least 4 members (excludes halogenated alkanes) is 2. The zero-order valence-electron chi connectivity index (χ0n) is 16.1. The van der Waals surface area contributed by atoms with E-state index in [9.17, 15) is 23.1 Å². The van der Waals surface area contributed by atoms with Crippen molar-refractivity contribution in [3.05, 3.63) is 47.8 Å². The molecule has 0 unspecified atom stereocenters. The molecule has 8 heteroatoms. The number of benzene rings is 2. The van der Waals surface area contributed by atoms with Crippen molar-refractivity contribution in [2.45, 2.75) is 44.8 Å². The normalized spacial score (nSPS) is 11.8. The number of carbonyl (C=O) groups excluding carboxylic acids is 1. The highest BCUT2D eigenvalue weighted by molar-refractivity contribution is 5.94. The molecule has 2 aromatic rings. The van der Waals surface area contributed by atoms with Gasteiger partial charge in [0.25, 0.3) is 0 Å². The van der Waals surface area contributed by atoms with Crippen LogP contribution in [0.3, 0.4) is 0 Å². The van der Waals surface area contributed by atoms with Crippen LogP contribution in [0.2, 0.25) is 0 Å². The molecule has 0 aliphatic heterocycles. The van der Waals surface area contributed by atoms with Gasteiger partial charge < -0.3 is 21.5 Å². The third-order valence-corrected chi connectivity index (χ3v) is 4.46. The van der Waals surface area contributed by atoms with Crippen molar-refractivity contribution in [2.24, 2.45) is 0 Å². The number of alkyl halides is 2. The second-order valence-corrected chi connectivity index (χ2v) is 6.81. The summed E-state index contributed by atoms with van der Waals surface area (Å²) in [5.41, 5.74) is 6.87. The van der Waals surface area contributed by atoms with Crippen LogP contribution in [0.15, 0.2) is 36.4 Å². The smallest absolute Gasteiger partial charge is 0.224 e. The number of halogens is 3. The van der Waals surface area contributed by atoms with E-state index >= 15 is 0 Å². The molecule has 0 fully saturated rings. The minimum absolute atomic E-state index is 0.148. The number of hydrogen-bond acceptors (Lipinski definition) is 4. The molecule has 0 bridgehead atoms. The summed E-state index contributed by atoms with van der Waals surface area (Å²) in [6.07, 6.45) is 0.546. The maximum absolute atomic E-state index is 14.5. The Morgan fingerprint density at radius 3 is 2.45 bits per heavy atom. The SMILES string of the molecule is Nc1c(NC(=O)CCCCC[C@H](F)CF)ccc(NCc2ccc(O)cc2)c1F. The molecule has 0 saturated carbocycles. The Hall–Kier alpha value is -2.90. The molecule has 5 N–H and O–H groups in total. The average molecular weight is 409 g/mol. The lowest BCUT2D eigenvalue weighted by molar-refractivity contribution is -0.116. The van der Waals surface area contributed by atoms with Crippen molar-refractivity contribution in [1.82, 2.24) is 0 Å². The lowest BCUT2D eigenvalue weighted by atomic mass is 10.1. The Morgan fingerprint density at radius 1 is 1.07 bits per heavy atom. The number of hydrogen-bond donors (Lipinski definition) is 4. The van der Waals surface area contributed by atoms with Crippen LogP contribution in [0.25, 0.3) is 0 Å². The second-order valence-electron chi connectivity index (χ2n) is 6.81. The minimum atomic E-state index is -1.44. The number of nitrogens with one attached hydrogen (secondary N) is 2. The molecule has 2 rings (SSSR count). The molecule has 0 aliphatic rings. The fraction of sp³-hybridized carbons (Fsp3) is 0.381. The lowest BCUT2D eigenvalue weighted by Crippen LogP contribution is -2.14. The first-order valence-electron chi connectivity index (χ1n) is 9.50. The number of nitrogens with two attached hydrogens (primary N) is 1. The van der Waals surface area contributed by atoms with Crippen LogP contribution in [-0.4, -0.2) is 23.9 Å². The van der Waals surface area contributed by atoms with E-state index in [0.29, 0.717) is 25.8 Å². The first-order valence-corrected chi connectivity index (χ1v) is 9.50. The van der Waals surface area contributed by atoms with Crippen LogP contribution in [-0.2, 0) is 11.3 Å². The average Bonchev–Trinajstić information content (AvgIpc) is 2.71. The van der Waals surface area contributed by atoms with Gasteiger partial charge in [-0.05, 0) is 42.7 Å². The van der Waals surface area contributed by atoms with Crippen LogP contribution in [0, 0.1) is 5.82 Å². The summed E-state index contributed by atoms with van der Waals surface area (Å²) in [6, 6.07) is 9.51. The largest absolute Gasteiger partial charge is 0.508 e. The van der Waals surface area contributed by atoms with E-state index in [1.165, 1.54) is 24.3 Å². The van der Waals surface area contributed by atoms with Gasteiger partial charge in [0, 0.05) is 13.0 Å². The predicted octanol–water partition coefficient (Wildman–Crippen LogP) is 4.92. The molecule has 2 aromatic carbocycles. The monoisotopic (exact) mass is 409 g/mol. The lowest BCUT2D eigenvalue weighted by Gasteiger charge is -2.13. The van der Waals surface area contributed by atoms with Gasteiger partial charge in [0.15, 0.2) is 5.82 Å². The summed E-state index contributed by atoms with van der Waals surface area (Å²) < 4.78 is 39.3. The number of carbonyl (C=O) groups is 1. The van der Waals surface area contributed by atoms with Crippen molar-refractivity contribution in [3.63, 3.8) is 0 Å². The Bertz CT molecular complexity index is 801. The van der Waals surface area contributed by atoms with Crippen LogP contribution in [0.5, 0.6) is 5.75 Å². The minimum Gasteiger partial charge on any atom is -0.508 e. The van der Waals surface area contributed by atoms with E-state index in [4.69, 9.17) is 5.73 Å². The molecular weight excluding hydrogens is 383 g/mol. The molecule has 0 spiro atoms. The van der Waals surface area contributed by atoms with E-state index in [1.54, 1.807) is 12.1 Å². The topological polar surface area (TPSA) is 87.4 Å². The molecule has 1 amide bonds. The summed E-state index contributed by atoms with van der Waals surface area (Å²) in [5.74, 6) is -0.833. The van der Waals surface area contributed by atoms with Gasteiger partial charge in [-0.2, -0.15) is 0 Å². The standard InChI is InChI=1S/C21H26F3N3O2/c22-12-15(23)4-2-1-3-5-19(29)27-18-11-10-17(20(24)21(18)25)26-13-14-6-8-16(28)9-7-14/h6-11,15,26,28H,1-5,12-13,25H2,(H,27,29)/t15-/m0/s1. The summed E-state index contributed by atoms with van der Waals surface area (Å²) in [5, 5.41) is 14.8. The molecular formula is C21H26F3N3O2. The third kappa shape index (κ3) is 7.21. The summed E-state index contributed by atoms with van der Waals surface area (Å²) in [7, 11) is 0. The van der Waals surface area contributed by atoms with Gasteiger partial charge in [0.2, 0.25) is 5.91 Å². The number of anilines is 3. The van der Waals surface area contributed by atoms with Crippen molar-refractivity contribution >= 4 is 23.0 Å². The van der Waals surface area contributed by atoms with Crippen molar-refractivity contribution in [3.8, 4) is 5.75 Å². The third-order valence-electron chi connectivity index (χ3n) is 4.46. The highest BCUT2D eigenvalue weighted by Crippen LogP contribution is 2.28. The highest BCUT2D eigenvalue weighted by Gasteiger charge is 2.13. The number of aromatic hydroxyl groups is 1. The maximum atomic E-state index is 14.5. The summed E-state index contributed by atoms with van der Waals surface area (Å²) >= 11 is 0. The van der Waals surface area contributed by atoms with E-state index in [0.717, 1.165) is 5.56 Å². The number of amides is 1. The van der Waals surface area contributed by atoms with Gasteiger partial charge in [-0.3, -0.25) is 4.79 Å². The van der Waals surface area contributed by atoms with E-state index < -0.39 is 18.7 Å². The van der Waals surface area contributed by atoms with Gasteiger partial charge in [-0.25, -0.2) is 13.2 Å². The number of nitrogen functional groups attached to an aromatic ring is 1. The number of phenols is 1. The first kappa shape index (κ1) is 22.4. The molecule has 158 valence electrons. The van der Waals surface area contributed by atoms with E-state index in [1.807, 2.05) is 0 Å². The molecule has 0 aromatic heterocycles. The van der Waals surface area contributed by atoms with Crippen molar-refractivity contribution in [1.29, 1.82) is 0 Å². The second kappa shape index (κ2) is 11.2. The molecule has 0 saturated heterocycles. The Labute approximate surface area is 168 Å². The molecule has 0 aliphatic carbocycles. The zero-order chi connectivity index (χ0) is 21.2. The predicted molar refractivity (Wildman–Crippen MR) is 109 cm³/mol. The first-order chi connectivity index (χ1) is 13.9. The van der Waals surface area contributed by atoms with Gasteiger partial charge in [-0.15, -0.1) is 0 Å². The molecule has 0 heterocycles. The molecule has 29 heavy (non-hydrogen) atoms. The molecule has 0 radical (unpaired) electrons. The quantitative estimate of drug-likeness (QED) is 0.313. The van der Waals surface area contributed by atoms with Crippen LogP contribution >= 0.6 is 0 Å². The Kier molecular flexibility index (Phi) is 8.64. The number of phenolic OH excluding ortho intramolecular Hbond substituents is 1. The van der Waals surface area contributed by atoms with Crippen molar-refractivity contribution < 1.29 is 23.1 Å². The Balaban J connectivity index is 1.83. The van der Waals surface area contributed by atoms with Gasteiger partial charge in [0.05, 0.1) is 17.1 Å². The molecule has 1 atom stereocenters. The van der Waals surface area contributed by atoms with E-state index in [-0.39, 0.29) is 41.6 Å². The van der Waals surface area contributed by atoms with Gasteiger partial charge in [0.1, 0.15) is 18.6 Å². The highest BCUT2D eigenvalue weighted by atomic mass is 19.2. The van der Waals surface area contributed by atoms with Crippen LogP contribution in [0.1, 0.15) is 37.7 Å². The fourth-order valence-corrected chi connectivity index (χ4v) is 2.77. The summed E-state index contributed by atoms with van der Waals surface area (Å²) in [4.78, 5) is 12.0. The number of rotatable bonds is 11. The van der Waals surface area contributed by atoms with Crippen LogP contribution in [0.4, 0.5) is 30.2 Å². The molecule has 5 nitrogen and oxygen atoms in total. The van der Waals surface area contributed by atoms with Gasteiger partial charge in [-0.1, -0.05) is 25.0 Å². The zero-order valence-corrected chi connectivity index (χ0v) is 16.1. The maximum Gasteiger partial charge on any atom is 0.224 e. The van der Waals surface area contributed by atoms with E-state index in [2.05, 4.69) is 10.6 Å². The van der Waals surface area contributed by atoms with Crippen LogP contribution < -0.4 is 16.4 Å².